The number of para-hydroxylation sites is 1. The highest BCUT2D eigenvalue weighted by Gasteiger charge is 2.72. The van der Waals surface area contributed by atoms with Crippen LogP contribution in [0.1, 0.15) is 48.8 Å². The lowest BCUT2D eigenvalue weighted by molar-refractivity contribution is -0.168. The van der Waals surface area contributed by atoms with Gasteiger partial charge in [-0.3, -0.25) is 4.79 Å². The number of rotatable bonds is 1. The lowest BCUT2D eigenvalue weighted by atomic mass is 9.49. The Kier molecular flexibility index (Phi) is 4.30. The fraction of sp³-hybridized carbons (Fsp3) is 0.444. The van der Waals surface area contributed by atoms with Crippen LogP contribution in [0.15, 0.2) is 41.2 Å². The van der Waals surface area contributed by atoms with Crippen LogP contribution in [0.5, 0.6) is 11.5 Å². The van der Waals surface area contributed by atoms with Crippen LogP contribution in [0.3, 0.4) is 0 Å². The van der Waals surface area contributed by atoms with E-state index < -0.39 is 17.1 Å². The Morgan fingerprint density at radius 2 is 2.00 bits per heavy atom. The zero-order chi connectivity index (χ0) is 23.1. The molecule has 0 saturated carbocycles. The minimum atomic E-state index is -1.09. The number of pyridine rings is 1. The molecular formula is C27H30N2O4. The Morgan fingerprint density at radius 1 is 1.21 bits per heavy atom. The quantitative estimate of drug-likeness (QED) is 0.599. The molecule has 2 bridgehead atoms. The summed E-state index contributed by atoms with van der Waals surface area (Å²) in [6.07, 6.45) is 1.38. The van der Waals surface area contributed by atoms with Gasteiger partial charge in [0.1, 0.15) is 0 Å². The van der Waals surface area contributed by atoms with Gasteiger partial charge in [-0.1, -0.05) is 32.0 Å². The van der Waals surface area contributed by atoms with Gasteiger partial charge in [0.05, 0.1) is 23.8 Å². The van der Waals surface area contributed by atoms with Gasteiger partial charge in [-0.15, -0.1) is 0 Å². The van der Waals surface area contributed by atoms with Crippen molar-refractivity contribution in [1.82, 2.24) is 9.88 Å². The fourth-order valence-electron chi connectivity index (χ4n) is 7.06. The lowest BCUT2D eigenvalue weighted by Crippen LogP contribution is -2.74. The number of likely N-dealkylation sites (tertiary alicyclic amines) is 1. The maximum Gasteiger partial charge on any atom is 0.193 e. The summed E-state index contributed by atoms with van der Waals surface area (Å²) in [6.45, 7) is 4.87. The number of fused-ring (bicyclic) bond motifs is 3. The van der Waals surface area contributed by atoms with Crippen LogP contribution >= 0.6 is 0 Å². The predicted octanol–water partition coefficient (Wildman–Crippen LogP) is 3.48. The number of likely N-dealkylation sites (N-methyl/N-ethyl adjacent to an activating group) is 1. The molecule has 4 aliphatic rings. The van der Waals surface area contributed by atoms with Crippen LogP contribution < -0.4 is 14.9 Å². The van der Waals surface area contributed by atoms with Crippen molar-refractivity contribution < 1.29 is 14.6 Å². The summed E-state index contributed by atoms with van der Waals surface area (Å²) in [6, 6.07) is 11.6. The van der Waals surface area contributed by atoms with E-state index in [4.69, 9.17) is 9.47 Å². The van der Waals surface area contributed by atoms with Crippen molar-refractivity contribution in [2.24, 2.45) is 0 Å². The van der Waals surface area contributed by atoms with Crippen molar-refractivity contribution in [3.63, 3.8) is 0 Å². The van der Waals surface area contributed by atoms with Crippen molar-refractivity contribution in [2.45, 2.75) is 56.3 Å². The third-order valence-electron chi connectivity index (χ3n) is 8.43. The summed E-state index contributed by atoms with van der Waals surface area (Å²) in [5, 5.41) is 13.1. The average molecular weight is 447 g/mol. The Labute approximate surface area is 193 Å². The molecule has 33 heavy (non-hydrogen) atoms. The number of piperidine rings is 1. The van der Waals surface area contributed by atoms with Crippen LogP contribution in [-0.2, 0) is 18.3 Å². The third-order valence-corrected chi connectivity index (χ3v) is 8.43. The number of hydrogen-bond acceptors (Lipinski definition) is 5. The summed E-state index contributed by atoms with van der Waals surface area (Å²) in [5.74, 6) is 1.42. The van der Waals surface area contributed by atoms with Gasteiger partial charge in [0.25, 0.3) is 0 Å². The Hall–Kier alpha value is -2.83. The molecule has 0 amide bonds. The molecule has 3 aromatic rings. The smallest absolute Gasteiger partial charge is 0.193 e. The van der Waals surface area contributed by atoms with E-state index in [1.54, 1.807) is 7.11 Å². The molecule has 2 aliphatic carbocycles. The molecule has 3 heterocycles. The van der Waals surface area contributed by atoms with E-state index in [-0.39, 0.29) is 11.5 Å². The van der Waals surface area contributed by atoms with Crippen molar-refractivity contribution in [1.29, 1.82) is 0 Å². The van der Waals surface area contributed by atoms with E-state index >= 15 is 0 Å². The number of benzene rings is 2. The first-order chi connectivity index (χ1) is 16.0. The van der Waals surface area contributed by atoms with Gasteiger partial charge in [0, 0.05) is 34.5 Å². The molecule has 2 N–H and O–H groups in total. The molecule has 2 aliphatic heterocycles. The number of aromatic amines is 1. The number of methoxy groups -OCH3 is 1. The van der Waals surface area contributed by atoms with Crippen LogP contribution in [0, 0.1) is 0 Å². The second-order valence-corrected chi connectivity index (χ2v) is 9.54. The number of ether oxygens (including phenoxy) is 2. The first-order valence-corrected chi connectivity index (χ1v) is 11.9. The van der Waals surface area contributed by atoms with Crippen LogP contribution in [0.25, 0.3) is 10.9 Å². The van der Waals surface area contributed by atoms with E-state index in [9.17, 15) is 9.90 Å². The molecule has 6 nitrogen and oxygen atoms in total. The molecule has 172 valence electrons. The second kappa shape index (κ2) is 6.84. The summed E-state index contributed by atoms with van der Waals surface area (Å²) in [4.78, 5) is 19.3. The Bertz CT molecular complexity index is 1350. The number of hydrogen-bond donors (Lipinski definition) is 2. The lowest BCUT2D eigenvalue weighted by Gasteiger charge is -2.62. The molecule has 6 heteroatoms. The molecule has 0 radical (unpaired) electrons. The van der Waals surface area contributed by atoms with Crippen molar-refractivity contribution >= 4 is 10.9 Å². The molecule has 2 aromatic carbocycles. The Balaban J connectivity index is 0.00000101. The summed E-state index contributed by atoms with van der Waals surface area (Å²) in [5.41, 5.74) is 2.87. The number of nitrogens with one attached hydrogen (secondary N) is 1. The van der Waals surface area contributed by atoms with Gasteiger partial charge in [0.2, 0.25) is 0 Å². The average Bonchev–Trinajstić information content (AvgIpc) is 3.19. The predicted molar refractivity (Wildman–Crippen MR) is 127 cm³/mol. The van der Waals surface area contributed by atoms with Crippen molar-refractivity contribution in [2.75, 3.05) is 20.7 Å². The molecule has 1 spiro atoms. The second-order valence-electron chi connectivity index (χ2n) is 9.54. The molecule has 1 saturated heterocycles. The van der Waals surface area contributed by atoms with Crippen LogP contribution in [-0.4, -0.2) is 47.3 Å². The summed E-state index contributed by atoms with van der Waals surface area (Å²) < 4.78 is 12.3. The van der Waals surface area contributed by atoms with Crippen molar-refractivity contribution in [3.8, 4) is 11.5 Å². The highest BCUT2D eigenvalue weighted by atomic mass is 16.5. The van der Waals surface area contributed by atoms with Gasteiger partial charge in [-0.05, 0) is 50.2 Å². The number of H-pyrrole nitrogens is 1. The van der Waals surface area contributed by atoms with E-state index in [0.717, 1.165) is 41.9 Å². The topological polar surface area (TPSA) is 74.8 Å². The van der Waals surface area contributed by atoms with E-state index in [0.29, 0.717) is 23.1 Å². The monoisotopic (exact) mass is 446 g/mol. The van der Waals surface area contributed by atoms with Gasteiger partial charge in [0.15, 0.2) is 23.0 Å². The molecule has 7 rings (SSSR count). The van der Waals surface area contributed by atoms with Gasteiger partial charge < -0.3 is 24.5 Å². The normalized spacial score (nSPS) is 30.6. The third kappa shape index (κ3) is 2.28. The van der Waals surface area contributed by atoms with Gasteiger partial charge >= 0.3 is 0 Å². The zero-order valence-electron chi connectivity index (χ0n) is 19.6. The maximum absolute atomic E-state index is 13.6. The fourth-order valence-corrected chi connectivity index (χ4v) is 7.06. The van der Waals surface area contributed by atoms with Crippen LogP contribution in [0.4, 0.5) is 0 Å². The van der Waals surface area contributed by atoms with Crippen LogP contribution in [0.2, 0.25) is 0 Å². The highest BCUT2D eigenvalue weighted by molar-refractivity contribution is 5.80. The van der Waals surface area contributed by atoms with E-state index in [2.05, 4.69) is 23.0 Å². The minimum absolute atomic E-state index is 0.00864. The van der Waals surface area contributed by atoms with E-state index in [1.807, 2.05) is 44.2 Å². The summed E-state index contributed by atoms with van der Waals surface area (Å²) >= 11 is 0. The first kappa shape index (κ1) is 20.8. The zero-order valence-corrected chi connectivity index (χ0v) is 19.6. The number of aromatic nitrogens is 1. The van der Waals surface area contributed by atoms with Crippen molar-refractivity contribution in [3.05, 3.63) is 69.0 Å². The molecule has 2 unspecified atom stereocenters. The molecule has 1 aromatic heterocycles. The highest BCUT2D eigenvalue weighted by Crippen LogP contribution is 2.68. The molecular weight excluding hydrogens is 416 g/mol. The Morgan fingerprint density at radius 3 is 2.79 bits per heavy atom. The van der Waals surface area contributed by atoms with E-state index in [1.165, 1.54) is 5.56 Å². The van der Waals surface area contributed by atoms with Gasteiger partial charge in [-0.25, -0.2) is 0 Å². The first-order valence-electron chi connectivity index (χ1n) is 11.9. The molecule has 4 atom stereocenters. The standard InChI is InChI=1S/C25H24N2O4.C2H6/c1-27-10-9-24-19-13-7-8-17(30-2)22(19)31-23(24)20-15(12-25(24,29)18(27)11-13)21(28)14-5-3-4-6-16(14)26-20;1-2/h3-8,18,23,29H,9-12H2,1-2H3,(H,26,28);1-2H3/t18-,23?,24+,25?;/m1./s1. The summed E-state index contributed by atoms with van der Waals surface area (Å²) in [7, 11) is 3.73. The number of nitrogens with zero attached hydrogens (tertiary/aromatic N) is 1. The van der Waals surface area contributed by atoms with Gasteiger partial charge in [-0.2, -0.15) is 0 Å². The maximum atomic E-state index is 13.6. The number of aliphatic hydroxyl groups is 1. The largest absolute Gasteiger partial charge is 0.493 e. The molecule has 1 fully saturated rings. The minimum Gasteiger partial charge on any atom is -0.493 e. The SMILES string of the molecule is CC.COc1ccc2c3c1OC1c4[nH]c5ccccc5c(=O)c4CC4(O)[C@@H](C2)N(C)CC[C@]314.